The van der Waals surface area contributed by atoms with Crippen molar-refractivity contribution in [1.82, 2.24) is 5.32 Å². The molecule has 0 saturated carbocycles. The highest BCUT2D eigenvalue weighted by Gasteiger charge is 2.07. The number of carbonyl (C=O) groups excluding carboxylic acids is 1. The molecule has 1 amide bonds. The Bertz CT molecular complexity index is 463. The van der Waals surface area contributed by atoms with Crippen LogP contribution < -0.4 is 16.4 Å². The molecule has 0 aromatic heterocycles. The van der Waals surface area contributed by atoms with Crippen LogP contribution in [0.5, 0.6) is 0 Å². The minimum absolute atomic E-state index is 0.105. The predicted molar refractivity (Wildman–Crippen MR) is 80.4 cm³/mol. The van der Waals surface area contributed by atoms with Gasteiger partial charge in [0.05, 0.1) is 13.2 Å². The van der Waals surface area contributed by atoms with Crippen molar-refractivity contribution >= 4 is 28.8 Å². The number of rotatable bonds is 7. The maximum atomic E-state index is 11.5. The van der Waals surface area contributed by atoms with Gasteiger partial charge in [-0.3, -0.25) is 4.79 Å². The molecule has 0 spiro atoms. The van der Waals surface area contributed by atoms with Gasteiger partial charge in [-0.05, 0) is 19.1 Å². The van der Waals surface area contributed by atoms with Crippen LogP contribution in [0.2, 0.25) is 0 Å². The van der Waals surface area contributed by atoms with Crippen LogP contribution in [-0.4, -0.2) is 37.7 Å². The van der Waals surface area contributed by atoms with Gasteiger partial charge in [-0.2, -0.15) is 0 Å². The second-order valence-electron chi connectivity index (χ2n) is 4.11. The summed E-state index contributed by atoms with van der Waals surface area (Å²) in [5.74, 6) is -0.105. The smallest absolute Gasteiger partial charge is 0.239 e. The number of nitrogens with two attached hydrogens (primary N) is 1. The van der Waals surface area contributed by atoms with E-state index in [1.165, 1.54) is 0 Å². The molecule has 0 aliphatic rings. The molecule has 0 unspecified atom stereocenters. The quantitative estimate of drug-likeness (QED) is 0.509. The summed E-state index contributed by atoms with van der Waals surface area (Å²) >= 11 is 5.00. The molecule has 0 saturated heterocycles. The van der Waals surface area contributed by atoms with Crippen molar-refractivity contribution in [3.05, 3.63) is 29.3 Å². The van der Waals surface area contributed by atoms with Crippen LogP contribution in [0.1, 0.15) is 11.1 Å². The normalized spacial score (nSPS) is 10.0. The van der Waals surface area contributed by atoms with Gasteiger partial charge in [-0.1, -0.05) is 23.8 Å². The molecule has 1 aromatic rings. The van der Waals surface area contributed by atoms with Crippen LogP contribution >= 0.6 is 12.2 Å². The molecule has 0 aliphatic heterocycles. The molecule has 0 bridgehead atoms. The van der Waals surface area contributed by atoms with E-state index in [1.807, 2.05) is 25.1 Å². The van der Waals surface area contributed by atoms with E-state index < -0.39 is 0 Å². The first-order chi connectivity index (χ1) is 9.04. The number of carbonyl (C=O) groups is 1. The standard InChI is InChI=1S/C13H19N3O2S/c1-9-3-4-11(10(7-9)13(14)19)16-8-12(17)15-5-6-18-2/h3-4,7,16H,5-6,8H2,1-2H3,(H2,14,19)(H,15,17). The molecule has 0 aliphatic carbocycles. The lowest BCUT2D eigenvalue weighted by atomic mass is 10.1. The molecule has 0 fully saturated rings. The van der Waals surface area contributed by atoms with E-state index in [-0.39, 0.29) is 12.5 Å². The first-order valence-corrected chi connectivity index (χ1v) is 6.35. The predicted octanol–water partition coefficient (Wildman–Crippen LogP) is 0.804. The molecular formula is C13H19N3O2S. The number of hydrogen-bond donors (Lipinski definition) is 3. The summed E-state index contributed by atoms with van der Waals surface area (Å²) < 4.78 is 4.85. The number of methoxy groups -OCH3 is 1. The van der Waals surface area contributed by atoms with Gasteiger partial charge in [-0.25, -0.2) is 0 Å². The van der Waals surface area contributed by atoms with E-state index in [9.17, 15) is 4.79 Å². The third-order valence-electron chi connectivity index (χ3n) is 2.51. The van der Waals surface area contributed by atoms with Gasteiger partial charge in [0.1, 0.15) is 4.99 Å². The van der Waals surface area contributed by atoms with E-state index in [4.69, 9.17) is 22.7 Å². The Morgan fingerprint density at radius 2 is 2.21 bits per heavy atom. The third kappa shape index (κ3) is 5.23. The number of thiocarbonyl (C=S) groups is 1. The summed E-state index contributed by atoms with van der Waals surface area (Å²) in [5.41, 5.74) is 8.24. The van der Waals surface area contributed by atoms with Gasteiger partial charge in [0, 0.05) is 24.9 Å². The molecule has 4 N–H and O–H groups in total. The summed E-state index contributed by atoms with van der Waals surface area (Å²) in [7, 11) is 1.59. The number of anilines is 1. The van der Waals surface area contributed by atoms with Crippen LogP contribution in [0.3, 0.4) is 0 Å². The Morgan fingerprint density at radius 3 is 2.84 bits per heavy atom. The summed E-state index contributed by atoms with van der Waals surface area (Å²) in [6, 6.07) is 5.70. The van der Waals surface area contributed by atoms with Crippen molar-refractivity contribution in [2.75, 3.05) is 32.1 Å². The van der Waals surface area contributed by atoms with Crippen molar-refractivity contribution in [3.63, 3.8) is 0 Å². The summed E-state index contributed by atoms with van der Waals surface area (Å²) in [6.45, 7) is 3.12. The third-order valence-corrected chi connectivity index (χ3v) is 2.73. The highest BCUT2D eigenvalue weighted by atomic mass is 32.1. The number of ether oxygens (including phenoxy) is 1. The Hall–Kier alpha value is -1.66. The van der Waals surface area contributed by atoms with Gasteiger partial charge >= 0.3 is 0 Å². The minimum atomic E-state index is -0.105. The highest BCUT2D eigenvalue weighted by molar-refractivity contribution is 7.80. The zero-order chi connectivity index (χ0) is 14.3. The van der Waals surface area contributed by atoms with Crippen LogP contribution in [0.4, 0.5) is 5.69 Å². The van der Waals surface area contributed by atoms with Gasteiger partial charge in [0.15, 0.2) is 0 Å². The molecular weight excluding hydrogens is 262 g/mol. The average Bonchev–Trinajstić information content (AvgIpc) is 2.37. The summed E-state index contributed by atoms with van der Waals surface area (Å²) in [5, 5.41) is 5.75. The van der Waals surface area contributed by atoms with Crippen LogP contribution in [0, 0.1) is 6.92 Å². The average molecular weight is 281 g/mol. The van der Waals surface area contributed by atoms with E-state index in [1.54, 1.807) is 7.11 Å². The lowest BCUT2D eigenvalue weighted by Gasteiger charge is -2.12. The van der Waals surface area contributed by atoms with Crippen molar-refractivity contribution in [2.45, 2.75) is 6.92 Å². The number of aryl methyl sites for hydroxylation is 1. The maximum Gasteiger partial charge on any atom is 0.239 e. The Balaban J connectivity index is 2.57. The molecule has 19 heavy (non-hydrogen) atoms. The molecule has 0 atom stereocenters. The zero-order valence-electron chi connectivity index (χ0n) is 11.2. The molecule has 0 heterocycles. The summed E-state index contributed by atoms with van der Waals surface area (Å²) in [4.78, 5) is 11.9. The number of hydrogen-bond acceptors (Lipinski definition) is 4. The number of nitrogens with one attached hydrogen (secondary N) is 2. The van der Waals surface area contributed by atoms with E-state index in [2.05, 4.69) is 10.6 Å². The second-order valence-corrected chi connectivity index (χ2v) is 4.55. The van der Waals surface area contributed by atoms with E-state index in [0.29, 0.717) is 18.1 Å². The van der Waals surface area contributed by atoms with Crippen molar-refractivity contribution in [1.29, 1.82) is 0 Å². The largest absolute Gasteiger partial charge is 0.389 e. The fraction of sp³-hybridized carbons (Fsp3) is 0.385. The Kier molecular flexibility index (Phi) is 6.24. The second kappa shape index (κ2) is 7.70. The van der Waals surface area contributed by atoms with Crippen LogP contribution in [0.15, 0.2) is 18.2 Å². The molecule has 0 radical (unpaired) electrons. The lowest BCUT2D eigenvalue weighted by Crippen LogP contribution is -2.32. The molecule has 1 aromatic carbocycles. The van der Waals surface area contributed by atoms with Crippen LogP contribution in [-0.2, 0) is 9.53 Å². The van der Waals surface area contributed by atoms with Gasteiger partial charge in [0.2, 0.25) is 5.91 Å². The molecule has 5 nitrogen and oxygen atoms in total. The monoisotopic (exact) mass is 281 g/mol. The SMILES string of the molecule is COCCNC(=O)CNc1ccc(C)cc1C(N)=S. The number of amides is 1. The minimum Gasteiger partial charge on any atom is -0.389 e. The maximum absolute atomic E-state index is 11.5. The van der Waals surface area contributed by atoms with Gasteiger partial charge in [0.25, 0.3) is 0 Å². The highest BCUT2D eigenvalue weighted by Crippen LogP contribution is 2.16. The van der Waals surface area contributed by atoms with Gasteiger partial charge < -0.3 is 21.1 Å². The Labute approximate surface area is 118 Å². The first kappa shape index (κ1) is 15.4. The van der Waals surface area contributed by atoms with Crippen molar-refractivity contribution in [2.24, 2.45) is 5.73 Å². The van der Waals surface area contributed by atoms with Crippen molar-refractivity contribution in [3.8, 4) is 0 Å². The van der Waals surface area contributed by atoms with Crippen molar-refractivity contribution < 1.29 is 9.53 Å². The van der Waals surface area contributed by atoms with E-state index in [0.717, 1.165) is 16.8 Å². The fourth-order valence-corrected chi connectivity index (χ4v) is 1.72. The number of benzene rings is 1. The zero-order valence-corrected chi connectivity index (χ0v) is 12.0. The first-order valence-electron chi connectivity index (χ1n) is 5.94. The Morgan fingerprint density at radius 1 is 1.47 bits per heavy atom. The lowest BCUT2D eigenvalue weighted by molar-refractivity contribution is -0.119. The van der Waals surface area contributed by atoms with Gasteiger partial charge in [-0.15, -0.1) is 0 Å². The fourth-order valence-electron chi connectivity index (χ4n) is 1.55. The molecule has 104 valence electrons. The van der Waals surface area contributed by atoms with Crippen LogP contribution in [0.25, 0.3) is 0 Å². The molecule has 6 heteroatoms. The van der Waals surface area contributed by atoms with E-state index >= 15 is 0 Å². The molecule has 1 rings (SSSR count). The summed E-state index contributed by atoms with van der Waals surface area (Å²) in [6.07, 6.45) is 0. The topological polar surface area (TPSA) is 76.4 Å².